The van der Waals surface area contributed by atoms with Crippen molar-refractivity contribution in [3.8, 4) is 0 Å². The van der Waals surface area contributed by atoms with Crippen LogP contribution in [0.4, 0.5) is 5.69 Å². The van der Waals surface area contributed by atoms with Crippen molar-refractivity contribution in [2.75, 3.05) is 11.9 Å². The molecular weight excluding hydrogens is 186 g/mol. The van der Waals surface area contributed by atoms with Gasteiger partial charge in [-0.3, -0.25) is 0 Å². The zero-order chi connectivity index (χ0) is 11.2. The minimum absolute atomic E-state index is 0.567. The molecule has 1 atom stereocenters. The molecule has 0 saturated carbocycles. The first-order valence-corrected chi connectivity index (χ1v) is 5.48. The Hall–Kier alpha value is -1.02. The molecule has 0 saturated heterocycles. The summed E-state index contributed by atoms with van der Waals surface area (Å²) < 4.78 is 0. The third kappa shape index (κ3) is 1.74. The molecule has 0 fully saturated rings. The van der Waals surface area contributed by atoms with Gasteiger partial charge in [-0.05, 0) is 44.4 Å². The highest BCUT2D eigenvalue weighted by Crippen LogP contribution is 2.34. The second kappa shape index (κ2) is 3.24. The Labute approximate surface area is 91.5 Å². The van der Waals surface area contributed by atoms with Crippen molar-refractivity contribution in [3.63, 3.8) is 0 Å². The van der Waals surface area contributed by atoms with Crippen LogP contribution in [0.3, 0.4) is 0 Å². The van der Waals surface area contributed by atoms with Crippen LogP contribution in [-0.2, 0) is 12.0 Å². The molecule has 1 aromatic rings. The van der Waals surface area contributed by atoms with Crippen LogP contribution in [-0.4, -0.2) is 18.2 Å². The molecule has 1 heterocycles. The average molecular weight is 205 g/mol. The highest BCUT2D eigenvalue weighted by atomic mass is 16.3. The Bertz CT molecular complexity index is 379. The van der Waals surface area contributed by atoms with Crippen LogP contribution in [0.15, 0.2) is 18.2 Å². The first kappa shape index (κ1) is 10.5. The predicted molar refractivity (Wildman–Crippen MR) is 63.3 cm³/mol. The molecule has 2 rings (SSSR count). The van der Waals surface area contributed by atoms with Crippen molar-refractivity contribution in [3.05, 3.63) is 29.3 Å². The fraction of sp³-hybridized carbons (Fsp3) is 0.538. The van der Waals surface area contributed by atoms with Crippen LogP contribution in [0.5, 0.6) is 0 Å². The number of likely N-dealkylation sites (N-methyl/N-ethyl adjacent to an activating group) is 1. The van der Waals surface area contributed by atoms with Crippen LogP contribution in [0, 0.1) is 0 Å². The number of nitrogens with zero attached hydrogens (tertiary/aromatic N) is 1. The maximum absolute atomic E-state index is 9.95. The Morgan fingerprint density at radius 1 is 1.40 bits per heavy atom. The van der Waals surface area contributed by atoms with Crippen LogP contribution < -0.4 is 4.90 Å². The Morgan fingerprint density at radius 3 is 2.67 bits per heavy atom. The van der Waals surface area contributed by atoms with Crippen LogP contribution in [0.1, 0.15) is 31.9 Å². The van der Waals surface area contributed by atoms with Gasteiger partial charge in [-0.2, -0.15) is 0 Å². The fourth-order valence-corrected chi connectivity index (χ4v) is 2.14. The summed E-state index contributed by atoms with van der Waals surface area (Å²) in [6.45, 7) is 5.88. The SMILES string of the molecule is CC1Cc2ccc(C(C)(C)O)cc2N1C. The first-order chi connectivity index (χ1) is 6.89. The van der Waals surface area contributed by atoms with Gasteiger partial charge < -0.3 is 10.0 Å². The average Bonchev–Trinajstić information content (AvgIpc) is 2.41. The normalized spacial score (nSPS) is 20.6. The van der Waals surface area contributed by atoms with Crippen molar-refractivity contribution in [1.29, 1.82) is 0 Å². The van der Waals surface area contributed by atoms with Crippen molar-refractivity contribution in [2.45, 2.75) is 38.8 Å². The van der Waals surface area contributed by atoms with Gasteiger partial charge in [0, 0.05) is 18.8 Å². The number of hydrogen-bond donors (Lipinski definition) is 1. The van der Waals surface area contributed by atoms with E-state index in [1.54, 1.807) is 0 Å². The Morgan fingerprint density at radius 2 is 2.07 bits per heavy atom. The molecule has 1 aliphatic rings. The second-order valence-corrected chi connectivity index (χ2v) is 5.07. The van der Waals surface area contributed by atoms with E-state index in [0.717, 1.165) is 12.0 Å². The van der Waals surface area contributed by atoms with E-state index >= 15 is 0 Å². The lowest BCUT2D eigenvalue weighted by Gasteiger charge is -2.22. The molecule has 0 radical (unpaired) electrons. The van der Waals surface area contributed by atoms with Gasteiger partial charge in [-0.15, -0.1) is 0 Å². The molecule has 15 heavy (non-hydrogen) atoms. The van der Waals surface area contributed by atoms with Gasteiger partial charge in [0.15, 0.2) is 0 Å². The van der Waals surface area contributed by atoms with Crippen molar-refractivity contribution >= 4 is 5.69 Å². The van der Waals surface area contributed by atoms with E-state index in [2.05, 4.69) is 31.0 Å². The number of rotatable bonds is 1. The van der Waals surface area contributed by atoms with Crippen molar-refractivity contribution < 1.29 is 5.11 Å². The molecule has 0 amide bonds. The van der Waals surface area contributed by atoms with Crippen LogP contribution >= 0.6 is 0 Å². The van der Waals surface area contributed by atoms with E-state index in [4.69, 9.17) is 0 Å². The van der Waals surface area contributed by atoms with Crippen molar-refractivity contribution in [2.24, 2.45) is 0 Å². The van der Waals surface area contributed by atoms with Gasteiger partial charge in [-0.25, -0.2) is 0 Å². The van der Waals surface area contributed by atoms with Gasteiger partial charge >= 0.3 is 0 Å². The number of hydrogen-bond acceptors (Lipinski definition) is 2. The topological polar surface area (TPSA) is 23.5 Å². The fourth-order valence-electron chi connectivity index (χ4n) is 2.14. The number of anilines is 1. The predicted octanol–water partition coefficient (Wildman–Crippen LogP) is 2.29. The summed E-state index contributed by atoms with van der Waals surface area (Å²) >= 11 is 0. The lowest BCUT2D eigenvalue weighted by Crippen LogP contribution is -2.24. The largest absolute Gasteiger partial charge is 0.386 e. The molecule has 2 nitrogen and oxygen atoms in total. The maximum atomic E-state index is 9.95. The van der Waals surface area contributed by atoms with Gasteiger partial charge in [0.1, 0.15) is 0 Å². The molecule has 0 bridgehead atoms. The van der Waals surface area contributed by atoms with Crippen LogP contribution in [0.25, 0.3) is 0 Å². The first-order valence-electron chi connectivity index (χ1n) is 5.48. The highest BCUT2D eigenvalue weighted by molar-refractivity contribution is 5.60. The Kier molecular flexibility index (Phi) is 2.27. The molecule has 1 unspecified atom stereocenters. The Balaban J connectivity index is 2.44. The minimum Gasteiger partial charge on any atom is -0.386 e. The number of benzene rings is 1. The molecule has 0 spiro atoms. The molecule has 1 aromatic carbocycles. The third-order valence-corrected chi connectivity index (χ3v) is 3.35. The molecule has 1 N–H and O–H groups in total. The molecule has 0 aromatic heterocycles. The van der Waals surface area contributed by atoms with E-state index in [-0.39, 0.29) is 0 Å². The van der Waals surface area contributed by atoms with E-state index in [9.17, 15) is 5.11 Å². The van der Waals surface area contributed by atoms with Gasteiger partial charge in [0.2, 0.25) is 0 Å². The molecular formula is C13H19NO. The quantitative estimate of drug-likeness (QED) is 0.760. The second-order valence-electron chi connectivity index (χ2n) is 5.07. The zero-order valence-electron chi connectivity index (χ0n) is 9.91. The van der Waals surface area contributed by atoms with E-state index in [1.807, 2.05) is 19.9 Å². The maximum Gasteiger partial charge on any atom is 0.0841 e. The molecule has 0 aliphatic carbocycles. The lowest BCUT2D eigenvalue weighted by atomic mass is 9.96. The van der Waals surface area contributed by atoms with Gasteiger partial charge in [-0.1, -0.05) is 12.1 Å². The number of aliphatic hydroxyl groups is 1. The van der Waals surface area contributed by atoms with E-state index in [1.165, 1.54) is 11.3 Å². The van der Waals surface area contributed by atoms with E-state index < -0.39 is 5.60 Å². The van der Waals surface area contributed by atoms with Crippen molar-refractivity contribution in [1.82, 2.24) is 0 Å². The lowest BCUT2D eigenvalue weighted by molar-refractivity contribution is 0.0786. The minimum atomic E-state index is -0.748. The highest BCUT2D eigenvalue weighted by Gasteiger charge is 2.25. The summed E-state index contributed by atoms with van der Waals surface area (Å²) in [5, 5.41) is 9.95. The summed E-state index contributed by atoms with van der Waals surface area (Å²) in [6, 6.07) is 6.85. The van der Waals surface area contributed by atoms with Crippen LogP contribution in [0.2, 0.25) is 0 Å². The summed E-state index contributed by atoms with van der Waals surface area (Å²) in [5.74, 6) is 0. The third-order valence-electron chi connectivity index (χ3n) is 3.35. The molecule has 2 heteroatoms. The standard InChI is InChI=1S/C13H19NO/c1-9-7-10-5-6-11(13(2,3)15)8-12(10)14(9)4/h5-6,8-9,15H,7H2,1-4H3. The van der Waals surface area contributed by atoms with E-state index in [0.29, 0.717) is 6.04 Å². The monoisotopic (exact) mass is 205 g/mol. The summed E-state index contributed by atoms with van der Waals surface area (Å²) in [7, 11) is 2.12. The smallest absolute Gasteiger partial charge is 0.0841 e. The summed E-state index contributed by atoms with van der Waals surface area (Å²) in [5.41, 5.74) is 2.89. The zero-order valence-corrected chi connectivity index (χ0v) is 9.91. The van der Waals surface area contributed by atoms with Gasteiger partial charge in [0.05, 0.1) is 5.60 Å². The summed E-state index contributed by atoms with van der Waals surface area (Å²) in [4.78, 5) is 2.28. The molecule has 1 aliphatic heterocycles. The number of fused-ring (bicyclic) bond motifs is 1. The molecule has 82 valence electrons. The summed E-state index contributed by atoms with van der Waals surface area (Å²) in [6.07, 6.45) is 1.11. The van der Waals surface area contributed by atoms with Gasteiger partial charge in [0.25, 0.3) is 0 Å².